The van der Waals surface area contributed by atoms with Crippen LogP contribution >= 0.6 is 0 Å². The molecule has 1 fully saturated rings. The van der Waals surface area contributed by atoms with Crippen molar-refractivity contribution in [2.75, 3.05) is 19.0 Å². The van der Waals surface area contributed by atoms with Crippen LogP contribution < -0.4 is 15.8 Å². The Morgan fingerprint density at radius 2 is 2.15 bits per heavy atom. The first kappa shape index (κ1) is 15.1. The van der Waals surface area contributed by atoms with Crippen molar-refractivity contribution < 1.29 is 9.13 Å². The second-order valence-corrected chi connectivity index (χ2v) is 6.78. The van der Waals surface area contributed by atoms with Crippen LogP contribution in [0.1, 0.15) is 33.6 Å². The van der Waals surface area contributed by atoms with E-state index in [2.05, 4.69) is 26.1 Å². The standard InChI is InChI=1S/C16H25FN2O/c1-11-8-15(2,3)9-16(11,10-18)19-14-7-12(20-4)5-6-13(14)17/h5-7,11,19H,8-10,18H2,1-4H3. The van der Waals surface area contributed by atoms with Gasteiger partial charge in [0.15, 0.2) is 0 Å². The summed E-state index contributed by atoms with van der Waals surface area (Å²) in [6, 6.07) is 4.75. The van der Waals surface area contributed by atoms with E-state index >= 15 is 0 Å². The number of rotatable bonds is 4. The number of methoxy groups -OCH3 is 1. The first-order valence-corrected chi connectivity index (χ1v) is 7.14. The summed E-state index contributed by atoms with van der Waals surface area (Å²) in [5, 5.41) is 3.37. The van der Waals surface area contributed by atoms with E-state index in [4.69, 9.17) is 10.5 Å². The van der Waals surface area contributed by atoms with Crippen LogP contribution in [0, 0.1) is 17.2 Å². The highest BCUT2D eigenvalue weighted by Crippen LogP contribution is 2.48. The largest absolute Gasteiger partial charge is 0.497 e. The van der Waals surface area contributed by atoms with Gasteiger partial charge in [-0.1, -0.05) is 20.8 Å². The van der Waals surface area contributed by atoms with Gasteiger partial charge in [0.05, 0.1) is 18.3 Å². The van der Waals surface area contributed by atoms with Gasteiger partial charge in [-0.2, -0.15) is 0 Å². The number of hydrogen-bond donors (Lipinski definition) is 2. The number of anilines is 1. The number of nitrogens with one attached hydrogen (secondary N) is 1. The molecule has 1 aliphatic rings. The number of benzene rings is 1. The molecule has 1 aromatic rings. The Bertz CT molecular complexity index is 489. The summed E-state index contributed by atoms with van der Waals surface area (Å²) in [4.78, 5) is 0. The molecule has 1 aromatic carbocycles. The minimum Gasteiger partial charge on any atom is -0.497 e. The molecule has 2 rings (SSSR count). The van der Waals surface area contributed by atoms with Gasteiger partial charge >= 0.3 is 0 Å². The molecule has 0 aliphatic heterocycles. The van der Waals surface area contributed by atoms with Gasteiger partial charge in [-0.3, -0.25) is 0 Å². The van der Waals surface area contributed by atoms with Crippen molar-refractivity contribution in [2.45, 2.75) is 39.2 Å². The van der Waals surface area contributed by atoms with Crippen LogP contribution in [0.4, 0.5) is 10.1 Å². The molecule has 2 unspecified atom stereocenters. The Hall–Kier alpha value is -1.29. The summed E-state index contributed by atoms with van der Waals surface area (Å²) in [6.45, 7) is 7.16. The zero-order valence-electron chi connectivity index (χ0n) is 12.8. The van der Waals surface area contributed by atoms with Crippen molar-refractivity contribution in [1.82, 2.24) is 0 Å². The summed E-state index contributed by atoms with van der Waals surface area (Å²) < 4.78 is 19.2. The molecule has 0 bridgehead atoms. The molecule has 4 heteroatoms. The molecular formula is C16H25FN2O. The molecule has 20 heavy (non-hydrogen) atoms. The lowest BCUT2D eigenvalue weighted by atomic mass is 9.86. The smallest absolute Gasteiger partial charge is 0.146 e. The molecule has 3 nitrogen and oxygen atoms in total. The third kappa shape index (κ3) is 2.75. The highest BCUT2D eigenvalue weighted by atomic mass is 19.1. The molecule has 1 saturated carbocycles. The first-order valence-electron chi connectivity index (χ1n) is 7.14. The quantitative estimate of drug-likeness (QED) is 0.888. The predicted octanol–water partition coefficient (Wildman–Crippen LogP) is 3.40. The molecule has 0 heterocycles. The molecule has 0 spiro atoms. The second-order valence-electron chi connectivity index (χ2n) is 6.78. The van der Waals surface area contributed by atoms with Gasteiger partial charge in [-0.05, 0) is 36.3 Å². The van der Waals surface area contributed by atoms with E-state index in [9.17, 15) is 4.39 Å². The van der Waals surface area contributed by atoms with Crippen molar-refractivity contribution in [1.29, 1.82) is 0 Å². The summed E-state index contributed by atoms with van der Waals surface area (Å²) >= 11 is 0. The molecule has 1 aliphatic carbocycles. The number of nitrogens with two attached hydrogens (primary N) is 1. The molecule has 112 valence electrons. The summed E-state index contributed by atoms with van der Waals surface area (Å²) in [7, 11) is 1.58. The van der Waals surface area contributed by atoms with Gasteiger partial charge < -0.3 is 15.8 Å². The Morgan fingerprint density at radius 3 is 2.65 bits per heavy atom. The summed E-state index contributed by atoms with van der Waals surface area (Å²) in [5.41, 5.74) is 6.47. The molecule has 0 aromatic heterocycles. The van der Waals surface area contributed by atoms with Gasteiger partial charge in [-0.15, -0.1) is 0 Å². The minimum absolute atomic E-state index is 0.223. The van der Waals surface area contributed by atoms with Gasteiger partial charge in [0, 0.05) is 12.6 Å². The van der Waals surface area contributed by atoms with E-state index in [1.807, 2.05) is 0 Å². The lowest BCUT2D eigenvalue weighted by Gasteiger charge is -2.35. The molecule has 0 saturated heterocycles. The fourth-order valence-electron chi connectivity index (χ4n) is 3.61. The normalized spacial score (nSPS) is 28.4. The van der Waals surface area contributed by atoms with E-state index < -0.39 is 0 Å². The zero-order chi connectivity index (χ0) is 15.0. The van der Waals surface area contributed by atoms with Crippen LogP contribution in [-0.4, -0.2) is 19.2 Å². The van der Waals surface area contributed by atoms with Crippen molar-refractivity contribution >= 4 is 5.69 Å². The van der Waals surface area contributed by atoms with E-state index in [-0.39, 0.29) is 16.8 Å². The van der Waals surface area contributed by atoms with E-state index in [0.717, 1.165) is 12.8 Å². The number of hydrogen-bond acceptors (Lipinski definition) is 3. The van der Waals surface area contributed by atoms with E-state index in [1.165, 1.54) is 6.07 Å². The molecule has 0 radical (unpaired) electrons. The monoisotopic (exact) mass is 280 g/mol. The Kier molecular flexibility index (Phi) is 3.96. The molecular weight excluding hydrogens is 255 g/mol. The fourth-order valence-corrected chi connectivity index (χ4v) is 3.61. The van der Waals surface area contributed by atoms with Gasteiger partial charge in [0.2, 0.25) is 0 Å². The molecule has 2 atom stereocenters. The van der Waals surface area contributed by atoms with E-state index in [1.54, 1.807) is 19.2 Å². The summed E-state index contributed by atoms with van der Waals surface area (Å²) in [6.07, 6.45) is 2.02. The SMILES string of the molecule is COc1ccc(F)c(NC2(CN)CC(C)(C)CC2C)c1. The third-order valence-electron chi connectivity index (χ3n) is 4.52. The minimum atomic E-state index is -0.268. The third-order valence-corrected chi connectivity index (χ3v) is 4.52. The van der Waals surface area contributed by atoms with Crippen LogP contribution in [0.15, 0.2) is 18.2 Å². The van der Waals surface area contributed by atoms with Crippen molar-refractivity contribution in [2.24, 2.45) is 17.1 Å². The maximum Gasteiger partial charge on any atom is 0.146 e. The highest BCUT2D eigenvalue weighted by molar-refractivity contribution is 5.52. The zero-order valence-corrected chi connectivity index (χ0v) is 12.8. The maximum absolute atomic E-state index is 14.0. The lowest BCUT2D eigenvalue weighted by Crippen LogP contribution is -2.48. The van der Waals surface area contributed by atoms with Crippen LogP contribution in [0.25, 0.3) is 0 Å². The Balaban J connectivity index is 2.31. The lowest BCUT2D eigenvalue weighted by molar-refractivity contribution is 0.349. The first-order chi connectivity index (χ1) is 9.32. The highest BCUT2D eigenvalue weighted by Gasteiger charge is 2.48. The van der Waals surface area contributed by atoms with Gasteiger partial charge in [0.25, 0.3) is 0 Å². The second kappa shape index (κ2) is 5.24. The maximum atomic E-state index is 14.0. The van der Waals surface area contributed by atoms with Crippen LogP contribution in [0.3, 0.4) is 0 Å². The molecule has 0 amide bonds. The fraction of sp³-hybridized carbons (Fsp3) is 0.625. The average molecular weight is 280 g/mol. The van der Waals surface area contributed by atoms with Gasteiger partial charge in [-0.25, -0.2) is 4.39 Å². The van der Waals surface area contributed by atoms with Crippen LogP contribution in [0.2, 0.25) is 0 Å². The predicted molar refractivity (Wildman–Crippen MR) is 80.5 cm³/mol. The van der Waals surface area contributed by atoms with E-state index in [0.29, 0.717) is 23.9 Å². The van der Waals surface area contributed by atoms with Crippen LogP contribution in [-0.2, 0) is 0 Å². The van der Waals surface area contributed by atoms with Crippen molar-refractivity contribution in [3.63, 3.8) is 0 Å². The Labute approximate surface area is 120 Å². The average Bonchev–Trinajstić information content (AvgIpc) is 2.62. The van der Waals surface area contributed by atoms with Crippen LogP contribution in [0.5, 0.6) is 5.75 Å². The summed E-state index contributed by atoms with van der Waals surface area (Å²) in [5.74, 6) is 0.773. The topological polar surface area (TPSA) is 47.3 Å². The van der Waals surface area contributed by atoms with Gasteiger partial charge in [0.1, 0.15) is 11.6 Å². The molecule has 3 N–H and O–H groups in total. The van der Waals surface area contributed by atoms with Crippen molar-refractivity contribution in [3.05, 3.63) is 24.0 Å². The van der Waals surface area contributed by atoms with Crippen molar-refractivity contribution in [3.8, 4) is 5.75 Å². The number of halogens is 1. The Morgan fingerprint density at radius 1 is 1.45 bits per heavy atom. The number of ether oxygens (including phenoxy) is 1.